The van der Waals surface area contributed by atoms with E-state index >= 15 is 0 Å². The van der Waals surface area contributed by atoms with Crippen molar-refractivity contribution in [3.63, 3.8) is 0 Å². The van der Waals surface area contributed by atoms with Gasteiger partial charge in [-0.25, -0.2) is 0 Å². The molecule has 0 aliphatic rings. The van der Waals surface area contributed by atoms with Gasteiger partial charge in [0.15, 0.2) is 0 Å². The van der Waals surface area contributed by atoms with E-state index in [-0.39, 0.29) is 11.7 Å². The number of hydrogen-bond donors (Lipinski definition) is 3. The summed E-state index contributed by atoms with van der Waals surface area (Å²) < 4.78 is 0. The maximum atomic E-state index is 11.6. The summed E-state index contributed by atoms with van der Waals surface area (Å²) in [6, 6.07) is 6.72. The summed E-state index contributed by atoms with van der Waals surface area (Å²) in [5.41, 5.74) is 0.476. The van der Waals surface area contributed by atoms with Gasteiger partial charge in [-0.05, 0) is 18.2 Å². The van der Waals surface area contributed by atoms with Crippen molar-refractivity contribution in [3.05, 3.63) is 29.8 Å². The molecule has 0 heterocycles. The highest BCUT2D eigenvalue weighted by molar-refractivity contribution is 5.94. The largest absolute Gasteiger partial charge is 0.508 e. The molecule has 88 valence electrons. The Kier molecular flexibility index (Phi) is 4.79. The predicted octanol–water partition coefficient (Wildman–Crippen LogP) is 1.12. The summed E-state index contributed by atoms with van der Waals surface area (Å²) >= 11 is 0. The van der Waals surface area contributed by atoms with Crippen LogP contribution in [0.25, 0.3) is 0 Å². The van der Waals surface area contributed by atoms with Crippen LogP contribution in [0.1, 0.15) is 24.2 Å². The lowest BCUT2D eigenvalue weighted by molar-refractivity contribution is 0.0953. The maximum absolute atomic E-state index is 11.6. The minimum absolute atomic E-state index is 0.105. The Morgan fingerprint density at radius 1 is 1.38 bits per heavy atom. The molecule has 0 atom stereocenters. The second kappa shape index (κ2) is 6.12. The lowest BCUT2D eigenvalue weighted by Gasteiger charge is -2.09. The minimum atomic E-state index is -0.165. The molecule has 0 fully saturated rings. The number of carbonyl (C=O) groups is 1. The topological polar surface area (TPSA) is 61.4 Å². The van der Waals surface area contributed by atoms with E-state index in [1.165, 1.54) is 12.1 Å². The summed E-state index contributed by atoms with van der Waals surface area (Å²) in [5, 5.41) is 15.2. The molecular weight excluding hydrogens is 204 g/mol. The van der Waals surface area contributed by atoms with Crippen molar-refractivity contribution in [1.82, 2.24) is 10.6 Å². The van der Waals surface area contributed by atoms with Crippen LogP contribution < -0.4 is 10.6 Å². The van der Waals surface area contributed by atoms with Crippen molar-refractivity contribution in [3.8, 4) is 5.75 Å². The molecule has 3 N–H and O–H groups in total. The molecule has 1 aromatic carbocycles. The first kappa shape index (κ1) is 12.5. The van der Waals surface area contributed by atoms with Crippen molar-refractivity contribution in [2.45, 2.75) is 19.9 Å². The zero-order valence-corrected chi connectivity index (χ0v) is 9.66. The Morgan fingerprint density at radius 2 is 2.12 bits per heavy atom. The quantitative estimate of drug-likeness (QED) is 0.654. The molecule has 1 aromatic rings. The molecule has 1 rings (SSSR count). The average molecular weight is 222 g/mol. The SMILES string of the molecule is CC(C)NCCNC(=O)c1cccc(O)c1. The number of phenols is 1. The van der Waals surface area contributed by atoms with Gasteiger partial charge < -0.3 is 15.7 Å². The lowest BCUT2D eigenvalue weighted by Crippen LogP contribution is -2.34. The van der Waals surface area contributed by atoms with Crippen LogP contribution in [0.15, 0.2) is 24.3 Å². The van der Waals surface area contributed by atoms with Crippen molar-refractivity contribution in [1.29, 1.82) is 0 Å². The molecule has 0 bridgehead atoms. The molecule has 0 radical (unpaired) electrons. The number of rotatable bonds is 5. The van der Waals surface area contributed by atoms with Crippen LogP contribution in [0, 0.1) is 0 Å². The normalized spacial score (nSPS) is 10.4. The number of benzene rings is 1. The number of hydrogen-bond acceptors (Lipinski definition) is 3. The van der Waals surface area contributed by atoms with Gasteiger partial charge in [0.2, 0.25) is 0 Å². The van der Waals surface area contributed by atoms with Gasteiger partial charge in [-0.1, -0.05) is 19.9 Å². The van der Waals surface area contributed by atoms with Gasteiger partial charge in [0.05, 0.1) is 0 Å². The minimum Gasteiger partial charge on any atom is -0.508 e. The van der Waals surface area contributed by atoms with Crippen molar-refractivity contribution < 1.29 is 9.90 Å². The van der Waals surface area contributed by atoms with Crippen LogP contribution in [-0.4, -0.2) is 30.1 Å². The third kappa shape index (κ3) is 4.31. The maximum Gasteiger partial charge on any atom is 0.251 e. The number of phenolic OH excluding ortho intramolecular Hbond substituents is 1. The summed E-state index contributed by atoms with van der Waals surface area (Å²) in [4.78, 5) is 11.6. The van der Waals surface area contributed by atoms with E-state index < -0.39 is 0 Å². The third-order valence-corrected chi connectivity index (χ3v) is 2.07. The summed E-state index contributed by atoms with van der Waals surface area (Å²) in [6.07, 6.45) is 0. The van der Waals surface area contributed by atoms with Gasteiger partial charge >= 0.3 is 0 Å². The zero-order valence-electron chi connectivity index (χ0n) is 9.66. The number of carbonyl (C=O) groups excluding carboxylic acids is 1. The molecule has 4 nitrogen and oxygen atoms in total. The molecule has 4 heteroatoms. The molecular formula is C12H18N2O2. The molecule has 0 unspecified atom stereocenters. The number of amides is 1. The van der Waals surface area contributed by atoms with Gasteiger partial charge in [0.1, 0.15) is 5.75 Å². The Balaban J connectivity index is 2.35. The van der Waals surface area contributed by atoms with E-state index in [0.717, 1.165) is 6.54 Å². The lowest BCUT2D eigenvalue weighted by atomic mass is 10.2. The van der Waals surface area contributed by atoms with Crippen LogP contribution >= 0.6 is 0 Å². The highest BCUT2D eigenvalue weighted by atomic mass is 16.3. The Morgan fingerprint density at radius 3 is 2.75 bits per heavy atom. The number of nitrogens with one attached hydrogen (secondary N) is 2. The van der Waals surface area contributed by atoms with Gasteiger partial charge in [-0.2, -0.15) is 0 Å². The molecule has 0 aliphatic heterocycles. The molecule has 0 saturated heterocycles. The van der Waals surface area contributed by atoms with Gasteiger partial charge in [-0.15, -0.1) is 0 Å². The Bertz CT molecular complexity index is 351. The van der Waals surface area contributed by atoms with Crippen LogP contribution in [0.4, 0.5) is 0 Å². The van der Waals surface area contributed by atoms with Crippen molar-refractivity contribution in [2.75, 3.05) is 13.1 Å². The summed E-state index contributed by atoms with van der Waals surface area (Å²) in [5.74, 6) is -0.0607. The average Bonchev–Trinajstić information content (AvgIpc) is 2.24. The molecule has 16 heavy (non-hydrogen) atoms. The molecule has 0 spiro atoms. The van der Waals surface area contributed by atoms with Gasteiger partial charge in [0.25, 0.3) is 5.91 Å². The Labute approximate surface area is 95.7 Å². The van der Waals surface area contributed by atoms with Crippen LogP contribution in [0.3, 0.4) is 0 Å². The van der Waals surface area contributed by atoms with Crippen LogP contribution in [-0.2, 0) is 0 Å². The van der Waals surface area contributed by atoms with Crippen molar-refractivity contribution >= 4 is 5.91 Å². The van der Waals surface area contributed by atoms with Crippen molar-refractivity contribution in [2.24, 2.45) is 0 Å². The monoisotopic (exact) mass is 222 g/mol. The highest BCUT2D eigenvalue weighted by Crippen LogP contribution is 2.10. The standard InChI is InChI=1S/C12H18N2O2/c1-9(2)13-6-7-14-12(16)10-4-3-5-11(15)8-10/h3-5,8-9,13,15H,6-7H2,1-2H3,(H,14,16). The Hall–Kier alpha value is -1.55. The predicted molar refractivity (Wildman–Crippen MR) is 63.6 cm³/mol. The fourth-order valence-corrected chi connectivity index (χ4v) is 1.29. The van der Waals surface area contributed by atoms with Gasteiger partial charge in [0, 0.05) is 24.7 Å². The van der Waals surface area contributed by atoms with Crippen LogP contribution in [0.5, 0.6) is 5.75 Å². The van der Waals surface area contributed by atoms with E-state index in [2.05, 4.69) is 24.5 Å². The fourth-order valence-electron chi connectivity index (χ4n) is 1.29. The molecule has 0 aromatic heterocycles. The first-order chi connectivity index (χ1) is 7.59. The van der Waals surface area contributed by atoms with E-state index in [9.17, 15) is 9.90 Å². The fraction of sp³-hybridized carbons (Fsp3) is 0.417. The summed E-state index contributed by atoms with van der Waals surface area (Å²) in [7, 11) is 0. The third-order valence-electron chi connectivity index (χ3n) is 2.07. The van der Waals surface area contributed by atoms with E-state index in [4.69, 9.17) is 0 Å². The molecule has 0 saturated carbocycles. The smallest absolute Gasteiger partial charge is 0.251 e. The number of aromatic hydroxyl groups is 1. The molecule has 1 amide bonds. The first-order valence-electron chi connectivity index (χ1n) is 5.40. The van der Waals surface area contributed by atoms with Gasteiger partial charge in [-0.3, -0.25) is 4.79 Å². The first-order valence-corrected chi connectivity index (χ1v) is 5.40. The van der Waals surface area contributed by atoms with E-state index in [1.807, 2.05) is 0 Å². The summed E-state index contributed by atoms with van der Waals surface area (Å²) in [6.45, 7) is 5.42. The molecule has 0 aliphatic carbocycles. The second-order valence-corrected chi connectivity index (χ2v) is 3.92. The van der Waals surface area contributed by atoms with E-state index in [1.54, 1.807) is 12.1 Å². The highest BCUT2D eigenvalue weighted by Gasteiger charge is 2.04. The van der Waals surface area contributed by atoms with Crippen LogP contribution in [0.2, 0.25) is 0 Å². The van der Waals surface area contributed by atoms with E-state index in [0.29, 0.717) is 18.2 Å². The second-order valence-electron chi connectivity index (χ2n) is 3.92. The zero-order chi connectivity index (χ0) is 12.0.